The zero-order valence-corrected chi connectivity index (χ0v) is 19.0. The zero-order valence-electron chi connectivity index (χ0n) is 19.0. The molecule has 0 aliphatic rings. The van der Waals surface area contributed by atoms with Gasteiger partial charge in [-0.15, -0.1) is 0 Å². The van der Waals surface area contributed by atoms with Crippen molar-refractivity contribution in [3.8, 4) is 5.75 Å². The van der Waals surface area contributed by atoms with Crippen LogP contribution in [0.25, 0.3) is 10.9 Å². The van der Waals surface area contributed by atoms with Crippen molar-refractivity contribution >= 4 is 22.6 Å². The van der Waals surface area contributed by atoms with E-state index in [4.69, 9.17) is 4.74 Å². The molecule has 0 saturated carbocycles. The van der Waals surface area contributed by atoms with E-state index in [9.17, 15) is 9.59 Å². The molecular weight excluding hydrogens is 414 g/mol. The molecule has 4 rings (SSSR count). The fraction of sp³-hybridized carbons (Fsp3) is 0.185. The standard InChI is InChI=1S/C27H27N3O3/c1-18-13-19(2)25-21(14-18)15-22(26(31)29-25)17-30(16-20-9-11-24(33-3)12-10-20)27(32)28-23-7-5-4-6-8-23/h4-15H,16-17H2,1-3H3,(H,28,32)(H,29,31). The smallest absolute Gasteiger partial charge is 0.322 e. The van der Waals surface area contributed by atoms with Crippen LogP contribution in [0.1, 0.15) is 22.3 Å². The fourth-order valence-corrected chi connectivity index (χ4v) is 3.93. The Hall–Kier alpha value is -4.06. The summed E-state index contributed by atoms with van der Waals surface area (Å²) in [6.07, 6.45) is 0. The number of fused-ring (bicyclic) bond motifs is 1. The first-order valence-electron chi connectivity index (χ1n) is 10.8. The number of nitrogens with one attached hydrogen (secondary N) is 2. The third-order valence-electron chi connectivity index (χ3n) is 5.58. The van der Waals surface area contributed by atoms with Crippen molar-refractivity contribution < 1.29 is 9.53 Å². The second kappa shape index (κ2) is 9.61. The molecule has 2 amide bonds. The maximum absolute atomic E-state index is 13.2. The van der Waals surface area contributed by atoms with Crippen LogP contribution in [-0.4, -0.2) is 23.0 Å². The Morgan fingerprint density at radius 2 is 1.70 bits per heavy atom. The lowest BCUT2D eigenvalue weighted by molar-refractivity contribution is 0.206. The number of pyridine rings is 1. The Morgan fingerprint density at radius 1 is 0.970 bits per heavy atom. The van der Waals surface area contributed by atoms with E-state index >= 15 is 0 Å². The van der Waals surface area contributed by atoms with E-state index in [0.717, 1.165) is 33.3 Å². The van der Waals surface area contributed by atoms with Gasteiger partial charge in [0, 0.05) is 17.8 Å². The van der Waals surface area contributed by atoms with Crippen molar-refractivity contribution in [2.75, 3.05) is 12.4 Å². The van der Waals surface area contributed by atoms with Crippen LogP contribution in [0.2, 0.25) is 0 Å². The number of amides is 2. The number of carbonyl (C=O) groups is 1. The average molecular weight is 442 g/mol. The molecular formula is C27H27N3O3. The van der Waals surface area contributed by atoms with E-state index < -0.39 is 0 Å². The number of anilines is 1. The predicted molar refractivity (Wildman–Crippen MR) is 132 cm³/mol. The zero-order chi connectivity index (χ0) is 23.4. The largest absolute Gasteiger partial charge is 0.497 e. The molecule has 1 aromatic heterocycles. The first kappa shape index (κ1) is 22.1. The molecule has 0 radical (unpaired) electrons. The van der Waals surface area contributed by atoms with Gasteiger partial charge in [0.2, 0.25) is 0 Å². The highest BCUT2D eigenvalue weighted by molar-refractivity contribution is 5.89. The minimum Gasteiger partial charge on any atom is -0.497 e. The lowest BCUT2D eigenvalue weighted by Crippen LogP contribution is -2.35. The molecule has 3 aromatic carbocycles. The molecule has 168 valence electrons. The van der Waals surface area contributed by atoms with Crippen LogP contribution in [0.4, 0.5) is 10.5 Å². The fourth-order valence-electron chi connectivity index (χ4n) is 3.93. The summed E-state index contributed by atoms with van der Waals surface area (Å²) in [6, 6.07) is 22.5. The topological polar surface area (TPSA) is 74.4 Å². The summed E-state index contributed by atoms with van der Waals surface area (Å²) in [4.78, 5) is 30.7. The number of carbonyl (C=O) groups excluding carboxylic acids is 1. The number of nitrogens with zero attached hydrogens (tertiary/aromatic N) is 1. The minimum absolute atomic E-state index is 0.170. The third kappa shape index (κ3) is 5.23. The molecule has 2 N–H and O–H groups in total. The first-order valence-corrected chi connectivity index (χ1v) is 10.8. The van der Waals surface area contributed by atoms with Gasteiger partial charge >= 0.3 is 6.03 Å². The highest BCUT2D eigenvalue weighted by atomic mass is 16.5. The number of ether oxygens (including phenoxy) is 1. The number of H-pyrrole nitrogens is 1. The summed E-state index contributed by atoms with van der Waals surface area (Å²) in [5.74, 6) is 0.746. The maximum Gasteiger partial charge on any atom is 0.322 e. The SMILES string of the molecule is COc1ccc(CN(Cc2cc3cc(C)cc(C)c3[nH]c2=O)C(=O)Nc2ccccc2)cc1. The highest BCUT2D eigenvalue weighted by Crippen LogP contribution is 2.20. The molecule has 0 aliphatic carbocycles. The number of hydrogen-bond donors (Lipinski definition) is 2. The number of hydrogen-bond acceptors (Lipinski definition) is 3. The summed E-state index contributed by atoms with van der Waals surface area (Å²) >= 11 is 0. The van der Waals surface area contributed by atoms with Crippen LogP contribution < -0.4 is 15.6 Å². The Balaban J connectivity index is 1.66. The van der Waals surface area contributed by atoms with Gasteiger partial charge in [0.05, 0.1) is 19.2 Å². The van der Waals surface area contributed by atoms with Crippen molar-refractivity contribution in [2.24, 2.45) is 0 Å². The number of rotatable bonds is 6. The number of aryl methyl sites for hydroxylation is 2. The van der Waals surface area contributed by atoms with E-state index in [1.807, 2.05) is 86.6 Å². The Kier molecular flexibility index (Phi) is 6.45. The van der Waals surface area contributed by atoms with E-state index in [2.05, 4.69) is 10.3 Å². The molecule has 0 saturated heterocycles. The highest BCUT2D eigenvalue weighted by Gasteiger charge is 2.17. The molecule has 4 aromatic rings. The van der Waals surface area contributed by atoms with Gasteiger partial charge in [0.15, 0.2) is 0 Å². The average Bonchev–Trinajstić information content (AvgIpc) is 2.80. The third-order valence-corrected chi connectivity index (χ3v) is 5.58. The normalized spacial score (nSPS) is 10.8. The Morgan fingerprint density at radius 3 is 2.39 bits per heavy atom. The molecule has 0 unspecified atom stereocenters. The first-order chi connectivity index (χ1) is 15.9. The van der Waals surface area contributed by atoms with Crippen molar-refractivity contribution in [3.63, 3.8) is 0 Å². The number of aromatic nitrogens is 1. The number of para-hydroxylation sites is 1. The van der Waals surface area contributed by atoms with Crippen molar-refractivity contribution in [1.29, 1.82) is 0 Å². The van der Waals surface area contributed by atoms with Crippen LogP contribution in [0.15, 0.2) is 77.6 Å². The molecule has 0 atom stereocenters. The maximum atomic E-state index is 13.2. The van der Waals surface area contributed by atoms with Crippen LogP contribution in [-0.2, 0) is 13.1 Å². The molecule has 0 aliphatic heterocycles. The van der Waals surface area contributed by atoms with Gasteiger partial charge in [0.1, 0.15) is 5.75 Å². The summed E-state index contributed by atoms with van der Waals surface area (Å²) in [6.45, 7) is 4.52. The molecule has 33 heavy (non-hydrogen) atoms. The summed E-state index contributed by atoms with van der Waals surface area (Å²) in [5.41, 5.74) is 4.93. The van der Waals surface area contributed by atoms with Gasteiger partial charge in [0.25, 0.3) is 5.56 Å². The molecule has 6 nitrogen and oxygen atoms in total. The van der Waals surface area contributed by atoms with Crippen molar-refractivity contribution in [1.82, 2.24) is 9.88 Å². The van der Waals surface area contributed by atoms with Gasteiger partial charge < -0.3 is 19.9 Å². The van der Waals surface area contributed by atoms with Gasteiger partial charge in [-0.2, -0.15) is 0 Å². The molecule has 0 fully saturated rings. The van der Waals surface area contributed by atoms with Crippen LogP contribution in [0.3, 0.4) is 0 Å². The van der Waals surface area contributed by atoms with Crippen molar-refractivity contribution in [2.45, 2.75) is 26.9 Å². The summed E-state index contributed by atoms with van der Waals surface area (Å²) < 4.78 is 5.23. The second-order valence-electron chi connectivity index (χ2n) is 8.17. The van der Waals surface area contributed by atoms with E-state index in [-0.39, 0.29) is 18.1 Å². The molecule has 0 bridgehead atoms. The van der Waals surface area contributed by atoms with Crippen molar-refractivity contribution in [3.05, 3.63) is 105 Å². The Bertz CT molecular complexity index is 1330. The second-order valence-corrected chi connectivity index (χ2v) is 8.17. The number of aromatic amines is 1. The van der Waals surface area contributed by atoms with Crippen LogP contribution in [0, 0.1) is 13.8 Å². The molecule has 6 heteroatoms. The monoisotopic (exact) mass is 441 g/mol. The van der Waals surface area contributed by atoms with E-state index in [1.54, 1.807) is 12.0 Å². The molecule has 0 spiro atoms. The number of urea groups is 1. The molecule has 1 heterocycles. The number of benzene rings is 3. The lowest BCUT2D eigenvalue weighted by atomic mass is 10.0. The van der Waals surface area contributed by atoms with Gasteiger partial charge in [-0.1, -0.05) is 42.0 Å². The van der Waals surface area contributed by atoms with Crippen LogP contribution >= 0.6 is 0 Å². The predicted octanol–water partition coefficient (Wildman–Crippen LogP) is 5.39. The van der Waals surface area contributed by atoms with E-state index in [0.29, 0.717) is 17.8 Å². The van der Waals surface area contributed by atoms with Crippen LogP contribution in [0.5, 0.6) is 5.75 Å². The Labute approximate surface area is 192 Å². The van der Waals surface area contributed by atoms with Gasteiger partial charge in [-0.25, -0.2) is 4.79 Å². The van der Waals surface area contributed by atoms with Gasteiger partial charge in [-0.05, 0) is 66.8 Å². The number of methoxy groups -OCH3 is 1. The lowest BCUT2D eigenvalue weighted by Gasteiger charge is -2.23. The summed E-state index contributed by atoms with van der Waals surface area (Å²) in [7, 11) is 1.62. The minimum atomic E-state index is -0.281. The van der Waals surface area contributed by atoms with Gasteiger partial charge in [-0.3, -0.25) is 4.79 Å². The summed E-state index contributed by atoms with van der Waals surface area (Å²) in [5, 5.41) is 3.88. The quantitative estimate of drug-likeness (QED) is 0.421. The van der Waals surface area contributed by atoms with E-state index in [1.165, 1.54) is 0 Å².